The number of thioether (sulfide) groups is 1. The first kappa shape index (κ1) is 26.8. The summed E-state index contributed by atoms with van der Waals surface area (Å²) in [5.41, 5.74) is 2.72. The predicted molar refractivity (Wildman–Crippen MR) is 148 cm³/mol. The van der Waals surface area contributed by atoms with Crippen LogP contribution in [0.2, 0.25) is 0 Å². The van der Waals surface area contributed by atoms with Gasteiger partial charge in [0.2, 0.25) is 5.91 Å². The highest BCUT2D eigenvalue weighted by molar-refractivity contribution is 8.18. The van der Waals surface area contributed by atoms with Crippen molar-refractivity contribution in [1.29, 1.82) is 0 Å². The number of methoxy groups -OCH3 is 1. The fourth-order valence-electron chi connectivity index (χ4n) is 3.58. The summed E-state index contributed by atoms with van der Waals surface area (Å²) in [5, 5.41) is 2.81. The number of aliphatic imine (C=N–C) groups is 1. The van der Waals surface area contributed by atoms with Gasteiger partial charge in [0.1, 0.15) is 13.2 Å². The van der Waals surface area contributed by atoms with Crippen molar-refractivity contribution in [3.05, 3.63) is 88.3 Å². The molecule has 0 atom stereocenters. The molecule has 2 amide bonds. The second kappa shape index (κ2) is 12.8. The Balaban J connectivity index is 1.43. The van der Waals surface area contributed by atoms with Crippen molar-refractivity contribution >= 4 is 34.8 Å². The van der Waals surface area contributed by atoms with Gasteiger partial charge in [0, 0.05) is 6.92 Å². The zero-order valence-electron chi connectivity index (χ0n) is 21.4. The zero-order valence-corrected chi connectivity index (χ0v) is 22.2. The Morgan fingerprint density at radius 2 is 1.61 bits per heavy atom. The highest BCUT2D eigenvalue weighted by Gasteiger charge is 2.22. The van der Waals surface area contributed by atoms with E-state index in [0.29, 0.717) is 41.1 Å². The third-order valence-corrected chi connectivity index (χ3v) is 6.23. The lowest BCUT2D eigenvalue weighted by Crippen LogP contribution is -2.23. The molecular formula is C29H28N2O6S. The Hall–Kier alpha value is -4.24. The molecule has 1 heterocycles. The first-order valence-electron chi connectivity index (χ1n) is 12.0. The Labute approximate surface area is 225 Å². The molecule has 0 aliphatic carbocycles. The largest absolute Gasteiger partial charge is 0.493 e. The van der Waals surface area contributed by atoms with Gasteiger partial charge in [-0.2, -0.15) is 4.99 Å². The van der Waals surface area contributed by atoms with Gasteiger partial charge in [-0.3, -0.25) is 9.59 Å². The quantitative estimate of drug-likeness (QED) is 0.351. The number of carbonyl (C=O) groups is 2. The van der Waals surface area contributed by atoms with Gasteiger partial charge in [0.25, 0.3) is 5.91 Å². The molecule has 0 unspecified atom stereocenters. The lowest BCUT2D eigenvalue weighted by molar-refractivity contribution is -0.117. The summed E-state index contributed by atoms with van der Waals surface area (Å²) in [7, 11) is 1.60. The summed E-state index contributed by atoms with van der Waals surface area (Å²) in [6.45, 7) is 4.43. The van der Waals surface area contributed by atoms with Crippen LogP contribution in [0, 0.1) is 0 Å². The second-order valence-electron chi connectivity index (χ2n) is 8.20. The van der Waals surface area contributed by atoms with Crippen molar-refractivity contribution in [3.63, 3.8) is 0 Å². The number of nitrogens with one attached hydrogen (secondary N) is 1. The standard InChI is InChI=1S/C29H28N2O6S/c1-4-35-26-14-21(16-27-28(33)31-29(38-27)30-19(2)32)10-12-24(26)37-18-22-11-13-23(25(15-22)34-3)36-17-20-8-6-5-7-9-20/h5-16H,4,17-18H2,1-3H3,(H,30,31,32,33)/b27-16+. The number of amidine groups is 1. The maximum absolute atomic E-state index is 12.2. The van der Waals surface area contributed by atoms with Gasteiger partial charge >= 0.3 is 0 Å². The van der Waals surface area contributed by atoms with Gasteiger partial charge < -0.3 is 24.3 Å². The smallest absolute Gasteiger partial charge is 0.286 e. The molecule has 0 saturated heterocycles. The number of carbonyl (C=O) groups excluding carboxylic acids is 2. The molecule has 1 aliphatic rings. The van der Waals surface area contributed by atoms with Gasteiger partial charge in [-0.15, -0.1) is 0 Å². The second-order valence-corrected chi connectivity index (χ2v) is 9.23. The maximum atomic E-state index is 12.2. The molecule has 0 fully saturated rings. The molecule has 8 nitrogen and oxygen atoms in total. The molecule has 4 rings (SSSR count). The summed E-state index contributed by atoms with van der Waals surface area (Å²) >= 11 is 1.11. The lowest BCUT2D eigenvalue weighted by atomic mass is 10.1. The summed E-state index contributed by atoms with van der Waals surface area (Å²) in [4.78, 5) is 27.7. The van der Waals surface area contributed by atoms with Gasteiger partial charge in [-0.1, -0.05) is 42.5 Å². The third kappa shape index (κ3) is 7.17. The summed E-state index contributed by atoms with van der Waals surface area (Å²) in [6, 6.07) is 21.0. The Bertz CT molecular complexity index is 1370. The topological polar surface area (TPSA) is 95.5 Å². The molecule has 38 heavy (non-hydrogen) atoms. The van der Waals surface area contributed by atoms with Crippen LogP contribution in [0.5, 0.6) is 23.0 Å². The first-order chi connectivity index (χ1) is 18.4. The van der Waals surface area contributed by atoms with Crippen molar-refractivity contribution in [3.8, 4) is 23.0 Å². The predicted octanol–water partition coefficient (Wildman–Crippen LogP) is 5.36. The van der Waals surface area contributed by atoms with E-state index in [0.717, 1.165) is 28.5 Å². The van der Waals surface area contributed by atoms with Gasteiger partial charge in [0.05, 0.1) is 18.6 Å². The highest BCUT2D eigenvalue weighted by Crippen LogP contribution is 2.34. The first-order valence-corrected chi connectivity index (χ1v) is 12.8. The fraction of sp³-hybridized carbons (Fsp3) is 0.207. The SMILES string of the molecule is CCOc1cc(/C=C2/SC(NC(C)=O)=NC2=O)ccc1OCc1ccc(OCc2ccccc2)c(OC)c1. The molecule has 0 bridgehead atoms. The van der Waals surface area contributed by atoms with Crippen LogP contribution in [0.15, 0.2) is 76.6 Å². The molecule has 3 aromatic rings. The van der Waals surface area contributed by atoms with E-state index in [4.69, 9.17) is 18.9 Å². The van der Waals surface area contributed by atoms with Crippen LogP contribution in [0.25, 0.3) is 6.08 Å². The van der Waals surface area contributed by atoms with Crippen LogP contribution >= 0.6 is 11.8 Å². The number of hydrogen-bond acceptors (Lipinski definition) is 7. The van der Waals surface area contributed by atoms with Gasteiger partial charge in [-0.25, -0.2) is 0 Å². The van der Waals surface area contributed by atoms with Crippen molar-refractivity contribution in [1.82, 2.24) is 5.32 Å². The Kier molecular flexibility index (Phi) is 9.05. The Morgan fingerprint density at radius 3 is 2.32 bits per heavy atom. The molecule has 0 spiro atoms. The van der Waals surface area contributed by atoms with E-state index in [1.54, 1.807) is 25.3 Å². The third-order valence-electron chi connectivity index (χ3n) is 5.33. The van der Waals surface area contributed by atoms with E-state index >= 15 is 0 Å². The average Bonchev–Trinajstić information content (AvgIpc) is 3.25. The molecule has 0 radical (unpaired) electrons. The Morgan fingerprint density at radius 1 is 0.895 bits per heavy atom. The van der Waals surface area contributed by atoms with Crippen molar-refractivity contribution in [2.75, 3.05) is 13.7 Å². The van der Waals surface area contributed by atoms with E-state index < -0.39 is 5.91 Å². The number of rotatable bonds is 10. The summed E-state index contributed by atoms with van der Waals surface area (Å²) in [5.74, 6) is 1.71. The van der Waals surface area contributed by atoms with E-state index in [-0.39, 0.29) is 17.7 Å². The molecule has 9 heteroatoms. The van der Waals surface area contributed by atoms with Gasteiger partial charge in [-0.05, 0) is 65.7 Å². The van der Waals surface area contributed by atoms with Crippen LogP contribution < -0.4 is 24.3 Å². The van der Waals surface area contributed by atoms with Crippen molar-refractivity contribution in [2.24, 2.45) is 4.99 Å². The molecular weight excluding hydrogens is 504 g/mol. The molecule has 196 valence electrons. The van der Waals surface area contributed by atoms with Crippen LogP contribution in [-0.4, -0.2) is 30.7 Å². The number of amides is 2. The van der Waals surface area contributed by atoms with E-state index in [2.05, 4.69) is 10.3 Å². The number of nitrogens with zero attached hydrogens (tertiary/aromatic N) is 1. The minimum atomic E-state index is -0.401. The molecule has 0 saturated carbocycles. The number of ether oxygens (including phenoxy) is 4. The number of benzene rings is 3. The van der Waals surface area contributed by atoms with E-state index in [1.165, 1.54) is 6.92 Å². The monoisotopic (exact) mass is 532 g/mol. The maximum Gasteiger partial charge on any atom is 0.286 e. The van der Waals surface area contributed by atoms with E-state index in [1.807, 2.05) is 61.5 Å². The minimum absolute atomic E-state index is 0.269. The van der Waals surface area contributed by atoms with Crippen molar-refractivity contribution < 1.29 is 28.5 Å². The highest BCUT2D eigenvalue weighted by atomic mass is 32.2. The minimum Gasteiger partial charge on any atom is -0.493 e. The normalized spacial score (nSPS) is 13.7. The molecule has 3 aromatic carbocycles. The molecule has 1 aliphatic heterocycles. The van der Waals surface area contributed by atoms with E-state index in [9.17, 15) is 9.59 Å². The number of hydrogen-bond donors (Lipinski definition) is 1. The van der Waals surface area contributed by atoms with Crippen LogP contribution in [0.3, 0.4) is 0 Å². The average molecular weight is 533 g/mol. The van der Waals surface area contributed by atoms with Crippen LogP contribution in [-0.2, 0) is 22.8 Å². The summed E-state index contributed by atoms with van der Waals surface area (Å²) in [6.07, 6.45) is 1.71. The van der Waals surface area contributed by atoms with Crippen molar-refractivity contribution in [2.45, 2.75) is 27.1 Å². The molecule has 0 aromatic heterocycles. The lowest BCUT2D eigenvalue weighted by Gasteiger charge is -2.15. The zero-order chi connectivity index (χ0) is 26.9. The molecule has 1 N–H and O–H groups in total. The van der Waals surface area contributed by atoms with Gasteiger partial charge in [0.15, 0.2) is 28.2 Å². The van der Waals surface area contributed by atoms with Crippen LogP contribution in [0.4, 0.5) is 0 Å². The summed E-state index contributed by atoms with van der Waals surface area (Å²) < 4.78 is 23.3. The fourth-order valence-corrected chi connectivity index (χ4v) is 4.44. The van der Waals surface area contributed by atoms with Crippen LogP contribution in [0.1, 0.15) is 30.5 Å².